The molecular weight excluding hydrogens is 288 g/mol. The molecule has 0 saturated carbocycles. The molecule has 0 spiro atoms. The molecule has 1 aromatic rings. The molecule has 1 atom stereocenters. The molecule has 0 aliphatic carbocycles. The summed E-state index contributed by atoms with van der Waals surface area (Å²) in [6, 6.07) is 5.20. The number of hydrogen-bond donors (Lipinski definition) is 0. The zero-order valence-corrected chi connectivity index (χ0v) is 11.0. The van der Waals surface area contributed by atoms with Crippen LogP contribution in [0.1, 0.15) is 16.8 Å². The smallest absolute Gasteiger partial charge is 0.338 e. The van der Waals surface area contributed by atoms with Crippen LogP contribution < -0.4 is 4.74 Å². The summed E-state index contributed by atoms with van der Waals surface area (Å²) in [5.74, 6) is 0.272. The first-order valence-corrected chi connectivity index (χ1v) is 6.11. The number of esters is 1. The Morgan fingerprint density at radius 3 is 2.94 bits per heavy atom. The highest BCUT2D eigenvalue weighted by Crippen LogP contribution is 2.24. The van der Waals surface area contributed by atoms with E-state index >= 15 is 0 Å². The molecule has 0 bridgehead atoms. The second kappa shape index (κ2) is 5.51. The zero-order valence-electron chi connectivity index (χ0n) is 9.44. The highest BCUT2D eigenvalue weighted by atomic mass is 79.9. The van der Waals surface area contributed by atoms with Crippen molar-refractivity contribution in [1.29, 1.82) is 0 Å². The molecule has 1 aromatic carbocycles. The molecule has 1 fully saturated rings. The summed E-state index contributed by atoms with van der Waals surface area (Å²) in [4.78, 5) is 11.4. The molecule has 92 valence electrons. The van der Waals surface area contributed by atoms with Crippen LogP contribution in [0.3, 0.4) is 0 Å². The number of hydrogen-bond acceptors (Lipinski definition) is 4. The van der Waals surface area contributed by atoms with Gasteiger partial charge in [0.2, 0.25) is 0 Å². The molecule has 4 nitrogen and oxygen atoms in total. The van der Waals surface area contributed by atoms with Gasteiger partial charge in [-0.15, -0.1) is 0 Å². The van der Waals surface area contributed by atoms with Crippen molar-refractivity contribution in [3.8, 4) is 5.75 Å². The summed E-state index contributed by atoms with van der Waals surface area (Å²) in [6.07, 6.45) is 0.940. The molecule has 5 heteroatoms. The van der Waals surface area contributed by atoms with Crippen molar-refractivity contribution in [2.24, 2.45) is 0 Å². The standard InChI is InChI=1S/C12H13BrO4/c1-15-12(14)8-4-9(13)6-11(5-8)17-10-2-3-16-7-10/h4-6,10H,2-3,7H2,1H3/t10-/m0/s1. The molecule has 1 aliphatic heterocycles. The normalized spacial score (nSPS) is 19.1. The lowest BCUT2D eigenvalue weighted by Gasteiger charge is -2.13. The van der Waals surface area contributed by atoms with Gasteiger partial charge in [0.25, 0.3) is 0 Å². The summed E-state index contributed by atoms with van der Waals surface area (Å²) in [5.41, 5.74) is 0.468. The molecule has 0 unspecified atom stereocenters. The second-order valence-corrected chi connectivity index (χ2v) is 4.69. The number of carbonyl (C=O) groups excluding carboxylic acids is 1. The predicted octanol–water partition coefficient (Wildman–Crippen LogP) is 2.40. The summed E-state index contributed by atoms with van der Waals surface area (Å²) < 4.78 is 16.4. The van der Waals surface area contributed by atoms with E-state index in [4.69, 9.17) is 9.47 Å². The predicted molar refractivity (Wildman–Crippen MR) is 65.3 cm³/mol. The lowest BCUT2D eigenvalue weighted by Crippen LogP contribution is -2.16. The topological polar surface area (TPSA) is 44.8 Å². The van der Waals surface area contributed by atoms with Crippen LogP contribution in [0.5, 0.6) is 5.75 Å². The first-order chi connectivity index (χ1) is 8.19. The minimum Gasteiger partial charge on any atom is -0.488 e. The average molecular weight is 301 g/mol. The highest BCUT2D eigenvalue weighted by Gasteiger charge is 2.18. The van der Waals surface area contributed by atoms with Gasteiger partial charge in [0.15, 0.2) is 0 Å². The molecule has 0 N–H and O–H groups in total. The Bertz CT molecular complexity index is 413. The molecule has 1 aliphatic rings. The van der Waals surface area contributed by atoms with Crippen LogP contribution in [0.15, 0.2) is 22.7 Å². The van der Waals surface area contributed by atoms with Crippen LogP contribution in [-0.2, 0) is 9.47 Å². The summed E-state index contributed by atoms with van der Waals surface area (Å²) in [5, 5.41) is 0. The van der Waals surface area contributed by atoms with E-state index in [2.05, 4.69) is 20.7 Å². The molecule has 0 aromatic heterocycles. The van der Waals surface area contributed by atoms with E-state index in [9.17, 15) is 4.79 Å². The summed E-state index contributed by atoms with van der Waals surface area (Å²) in [7, 11) is 1.36. The van der Waals surface area contributed by atoms with Gasteiger partial charge in [0.1, 0.15) is 11.9 Å². The molecule has 0 amide bonds. The van der Waals surface area contributed by atoms with Crippen molar-refractivity contribution in [3.05, 3.63) is 28.2 Å². The van der Waals surface area contributed by atoms with Crippen LogP contribution >= 0.6 is 15.9 Å². The maximum atomic E-state index is 11.4. The zero-order chi connectivity index (χ0) is 12.3. The van der Waals surface area contributed by atoms with Crippen LogP contribution in [0.4, 0.5) is 0 Å². The fourth-order valence-electron chi connectivity index (χ4n) is 1.66. The monoisotopic (exact) mass is 300 g/mol. The maximum absolute atomic E-state index is 11.4. The fraction of sp³-hybridized carbons (Fsp3) is 0.417. The van der Waals surface area contributed by atoms with Gasteiger partial charge in [-0.05, 0) is 18.2 Å². The van der Waals surface area contributed by atoms with Crippen LogP contribution in [0.25, 0.3) is 0 Å². The Labute approximate surface area is 108 Å². The lowest BCUT2D eigenvalue weighted by molar-refractivity contribution is 0.0599. The van der Waals surface area contributed by atoms with Crippen LogP contribution in [0.2, 0.25) is 0 Å². The third kappa shape index (κ3) is 3.20. The molecule has 0 radical (unpaired) electrons. The first kappa shape index (κ1) is 12.4. The van der Waals surface area contributed by atoms with E-state index in [1.807, 2.05) is 6.07 Å². The van der Waals surface area contributed by atoms with E-state index in [0.29, 0.717) is 17.9 Å². The van der Waals surface area contributed by atoms with Crippen LogP contribution in [-0.4, -0.2) is 32.4 Å². The number of ether oxygens (including phenoxy) is 3. The van der Waals surface area contributed by atoms with Crippen molar-refractivity contribution >= 4 is 21.9 Å². The van der Waals surface area contributed by atoms with Crippen molar-refractivity contribution in [2.45, 2.75) is 12.5 Å². The minimum atomic E-state index is -0.376. The Balaban J connectivity index is 2.15. The first-order valence-electron chi connectivity index (χ1n) is 5.32. The fourth-order valence-corrected chi connectivity index (χ4v) is 2.14. The van der Waals surface area contributed by atoms with Gasteiger partial charge in [0.05, 0.1) is 25.9 Å². The van der Waals surface area contributed by atoms with Gasteiger partial charge in [-0.1, -0.05) is 15.9 Å². The van der Waals surface area contributed by atoms with Gasteiger partial charge >= 0.3 is 5.97 Å². The Morgan fingerprint density at radius 2 is 2.29 bits per heavy atom. The van der Waals surface area contributed by atoms with E-state index < -0.39 is 0 Å². The van der Waals surface area contributed by atoms with E-state index in [0.717, 1.165) is 17.5 Å². The lowest BCUT2D eigenvalue weighted by atomic mass is 10.2. The minimum absolute atomic E-state index is 0.0646. The van der Waals surface area contributed by atoms with Gasteiger partial charge in [0, 0.05) is 10.9 Å². The number of halogens is 1. The van der Waals surface area contributed by atoms with Gasteiger partial charge < -0.3 is 14.2 Å². The Morgan fingerprint density at radius 1 is 1.47 bits per heavy atom. The van der Waals surface area contributed by atoms with Crippen molar-refractivity contribution < 1.29 is 19.0 Å². The molecule has 2 rings (SSSR count). The maximum Gasteiger partial charge on any atom is 0.338 e. The third-order valence-corrected chi connectivity index (χ3v) is 2.94. The SMILES string of the molecule is COC(=O)c1cc(Br)cc(O[C@H]2CCOC2)c1. The van der Waals surface area contributed by atoms with E-state index in [1.54, 1.807) is 12.1 Å². The van der Waals surface area contributed by atoms with Crippen molar-refractivity contribution in [1.82, 2.24) is 0 Å². The largest absolute Gasteiger partial charge is 0.488 e. The molecule has 17 heavy (non-hydrogen) atoms. The van der Waals surface area contributed by atoms with Crippen molar-refractivity contribution in [3.63, 3.8) is 0 Å². The highest BCUT2D eigenvalue weighted by molar-refractivity contribution is 9.10. The van der Waals surface area contributed by atoms with Crippen LogP contribution in [0, 0.1) is 0 Å². The summed E-state index contributed by atoms with van der Waals surface area (Å²) >= 11 is 3.34. The molecule has 1 saturated heterocycles. The van der Waals surface area contributed by atoms with E-state index in [1.165, 1.54) is 7.11 Å². The van der Waals surface area contributed by atoms with Crippen molar-refractivity contribution in [2.75, 3.05) is 20.3 Å². The average Bonchev–Trinajstić information content (AvgIpc) is 2.80. The second-order valence-electron chi connectivity index (χ2n) is 3.77. The third-order valence-electron chi connectivity index (χ3n) is 2.48. The quantitative estimate of drug-likeness (QED) is 0.804. The summed E-state index contributed by atoms with van der Waals surface area (Å²) in [6.45, 7) is 1.32. The van der Waals surface area contributed by atoms with Gasteiger partial charge in [-0.25, -0.2) is 4.79 Å². The number of rotatable bonds is 3. The number of methoxy groups -OCH3 is 1. The van der Waals surface area contributed by atoms with Gasteiger partial charge in [-0.3, -0.25) is 0 Å². The molecule has 1 heterocycles. The number of carbonyl (C=O) groups is 1. The molecular formula is C12H13BrO4. The van der Waals surface area contributed by atoms with Gasteiger partial charge in [-0.2, -0.15) is 0 Å². The van der Waals surface area contributed by atoms with E-state index in [-0.39, 0.29) is 12.1 Å². The Kier molecular flexibility index (Phi) is 4.02. The number of benzene rings is 1. The Hall–Kier alpha value is -1.07.